The molecule has 1 atom stereocenters. The second-order valence-electron chi connectivity index (χ2n) is 7.26. The van der Waals surface area contributed by atoms with Gasteiger partial charge in [0.2, 0.25) is 0 Å². The molecule has 0 saturated carbocycles. The topological polar surface area (TPSA) is 19.0 Å². The standard InChI is InChI=1S/C18H25N3OS/c1-2-16(20-7-9-22-10-8-20)11-18-15(1)12-21(23-18)17-13-19-5-3-14(17)4-6-19/h1-2,11,14,17H,3-10,12-13H2/t17-/m0/s1. The summed E-state index contributed by atoms with van der Waals surface area (Å²) in [5.74, 6) is 0.917. The highest BCUT2D eigenvalue weighted by atomic mass is 32.2. The second kappa shape index (κ2) is 5.96. The van der Waals surface area contributed by atoms with E-state index in [2.05, 4.69) is 32.3 Å². The zero-order valence-electron chi connectivity index (χ0n) is 13.6. The first-order chi connectivity index (χ1) is 11.4. The van der Waals surface area contributed by atoms with Gasteiger partial charge in [0.25, 0.3) is 0 Å². The van der Waals surface area contributed by atoms with Crippen molar-refractivity contribution in [2.45, 2.75) is 30.3 Å². The summed E-state index contributed by atoms with van der Waals surface area (Å²) < 4.78 is 8.15. The van der Waals surface area contributed by atoms with E-state index in [0.717, 1.165) is 44.8 Å². The van der Waals surface area contributed by atoms with Gasteiger partial charge in [0.15, 0.2) is 0 Å². The highest BCUT2D eigenvalue weighted by Crippen LogP contribution is 2.43. The van der Waals surface area contributed by atoms with Crippen molar-refractivity contribution in [3.63, 3.8) is 0 Å². The van der Waals surface area contributed by atoms with Gasteiger partial charge in [-0.3, -0.25) is 0 Å². The number of benzene rings is 1. The van der Waals surface area contributed by atoms with Gasteiger partial charge >= 0.3 is 0 Å². The molecule has 1 aromatic carbocycles. The number of nitrogens with zero attached hydrogens (tertiary/aromatic N) is 3. The summed E-state index contributed by atoms with van der Waals surface area (Å²) in [4.78, 5) is 6.60. The van der Waals surface area contributed by atoms with Gasteiger partial charge in [-0.1, -0.05) is 6.07 Å². The lowest BCUT2D eigenvalue weighted by Gasteiger charge is -2.47. The van der Waals surface area contributed by atoms with Crippen molar-refractivity contribution in [2.24, 2.45) is 5.92 Å². The smallest absolute Gasteiger partial charge is 0.0642 e. The Bertz CT molecular complexity index is 582. The number of ether oxygens (including phenoxy) is 1. The molecule has 0 spiro atoms. The van der Waals surface area contributed by atoms with Crippen LogP contribution in [0.4, 0.5) is 5.69 Å². The van der Waals surface area contributed by atoms with Crippen LogP contribution in [0.2, 0.25) is 0 Å². The molecule has 6 rings (SSSR count). The van der Waals surface area contributed by atoms with E-state index in [1.54, 1.807) is 0 Å². The van der Waals surface area contributed by atoms with E-state index in [-0.39, 0.29) is 0 Å². The molecule has 4 saturated heterocycles. The van der Waals surface area contributed by atoms with Crippen molar-refractivity contribution in [2.75, 3.05) is 50.8 Å². The minimum Gasteiger partial charge on any atom is -0.378 e. The van der Waals surface area contributed by atoms with Crippen LogP contribution in [0.1, 0.15) is 18.4 Å². The summed E-state index contributed by atoms with van der Waals surface area (Å²) in [6.07, 6.45) is 2.80. The highest BCUT2D eigenvalue weighted by Gasteiger charge is 2.39. The second-order valence-corrected chi connectivity index (χ2v) is 8.35. The number of hydrogen-bond donors (Lipinski definition) is 0. The monoisotopic (exact) mass is 331 g/mol. The molecule has 0 N–H and O–H groups in total. The summed E-state index contributed by atoms with van der Waals surface area (Å²) in [5, 5.41) is 0. The summed E-state index contributed by atoms with van der Waals surface area (Å²) in [6, 6.07) is 7.83. The third-order valence-corrected chi connectivity index (χ3v) is 7.17. The summed E-state index contributed by atoms with van der Waals surface area (Å²) >= 11 is 2.01. The fourth-order valence-corrected chi connectivity index (χ4v) is 5.80. The Morgan fingerprint density at radius 3 is 2.61 bits per heavy atom. The summed E-state index contributed by atoms with van der Waals surface area (Å²) in [6.45, 7) is 8.81. The van der Waals surface area contributed by atoms with Crippen LogP contribution in [0.25, 0.3) is 0 Å². The molecule has 0 aliphatic carbocycles. The number of hydrogen-bond acceptors (Lipinski definition) is 5. The molecule has 0 radical (unpaired) electrons. The minimum absolute atomic E-state index is 0.752. The highest BCUT2D eigenvalue weighted by molar-refractivity contribution is 7.97. The first-order valence-corrected chi connectivity index (χ1v) is 9.77. The molecule has 0 amide bonds. The number of fused-ring (bicyclic) bond motifs is 4. The molecule has 5 aliphatic heterocycles. The van der Waals surface area contributed by atoms with Crippen LogP contribution in [0.5, 0.6) is 0 Å². The fraction of sp³-hybridized carbons (Fsp3) is 0.667. The lowest BCUT2D eigenvalue weighted by molar-refractivity contribution is 0.0420. The molecule has 1 aromatic rings. The van der Waals surface area contributed by atoms with Gasteiger partial charge < -0.3 is 14.5 Å². The summed E-state index contributed by atoms with van der Waals surface area (Å²) in [7, 11) is 0. The van der Waals surface area contributed by atoms with E-state index in [4.69, 9.17) is 4.74 Å². The van der Waals surface area contributed by atoms with E-state index in [9.17, 15) is 0 Å². The average molecular weight is 331 g/mol. The maximum atomic E-state index is 5.48. The van der Waals surface area contributed by atoms with Crippen molar-refractivity contribution in [1.82, 2.24) is 9.21 Å². The van der Waals surface area contributed by atoms with Crippen LogP contribution in [0.15, 0.2) is 23.1 Å². The zero-order valence-corrected chi connectivity index (χ0v) is 14.4. The van der Waals surface area contributed by atoms with Crippen molar-refractivity contribution in [1.29, 1.82) is 0 Å². The first-order valence-electron chi connectivity index (χ1n) is 8.99. The van der Waals surface area contributed by atoms with Gasteiger partial charge in [-0.05, 0) is 61.5 Å². The molecule has 0 unspecified atom stereocenters. The predicted molar refractivity (Wildman–Crippen MR) is 93.8 cm³/mol. The normalized spacial score (nSPS) is 33.9. The van der Waals surface area contributed by atoms with Gasteiger partial charge in [-0.15, -0.1) is 0 Å². The van der Waals surface area contributed by atoms with Crippen molar-refractivity contribution in [3.8, 4) is 0 Å². The number of rotatable bonds is 2. The van der Waals surface area contributed by atoms with Gasteiger partial charge in [-0.25, -0.2) is 4.31 Å². The van der Waals surface area contributed by atoms with Crippen molar-refractivity contribution >= 4 is 17.6 Å². The molecule has 124 valence electrons. The fourth-order valence-electron chi connectivity index (χ4n) is 4.55. The molecule has 5 aliphatic rings. The van der Waals surface area contributed by atoms with Crippen LogP contribution in [-0.2, 0) is 11.3 Å². The van der Waals surface area contributed by atoms with E-state index >= 15 is 0 Å². The quantitative estimate of drug-likeness (QED) is 0.773. The molecule has 5 heteroatoms. The molecule has 5 heterocycles. The molecule has 4 fully saturated rings. The van der Waals surface area contributed by atoms with Crippen molar-refractivity contribution in [3.05, 3.63) is 23.8 Å². The Morgan fingerprint density at radius 1 is 1.04 bits per heavy atom. The number of anilines is 1. The van der Waals surface area contributed by atoms with Gasteiger partial charge in [0, 0.05) is 42.8 Å². The van der Waals surface area contributed by atoms with Crippen LogP contribution in [-0.4, -0.2) is 61.2 Å². The molecule has 4 nitrogen and oxygen atoms in total. The minimum atomic E-state index is 0.752. The maximum Gasteiger partial charge on any atom is 0.0642 e. The molecular formula is C18H25N3OS. The third-order valence-electron chi connectivity index (χ3n) is 5.96. The van der Waals surface area contributed by atoms with Gasteiger partial charge in [-0.2, -0.15) is 0 Å². The third kappa shape index (κ3) is 2.68. The van der Waals surface area contributed by atoms with E-state index in [0.29, 0.717) is 0 Å². The van der Waals surface area contributed by atoms with Crippen molar-refractivity contribution < 1.29 is 4.74 Å². The van der Waals surface area contributed by atoms with Crippen LogP contribution in [0, 0.1) is 5.92 Å². The first kappa shape index (κ1) is 14.6. The molecular weight excluding hydrogens is 306 g/mol. The molecule has 23 heavy (non-hydrogen) atoms. The van der Waals surface area contributed by atoms with Crippen LogP contribution >= 0.6 is 11.9 Å². The SMILES string of the molecule is c1cc2c(cc1N1CCOCC1)SN([C@H]1CN3CCC1CC3)C2. The van der Waals surface area contributed by atoms with Gasteiger partial charge in [0.1, 0.15) is 0 Å². The lowest BCUT2D eigenvalue weighted by Crippen LogP contribution is -2.54. The largest absolute Gasteiger partial charge is 0.378 e. The zero-order chi connectivity index (χ0) is 15.2. The molecule has 0 aromatic heterocycles. The summed E-state index contributed by atoms with van der Waals surface area (Å²) in [5.41, 5.74) is 2.89. The Hall–Kier alpha value is -0.750. The van der Waals surface area contributed by atoms with Crippen LogP contribution in [0.3, 0.4) is 0 Å². The average Bonchev–Trinajstić information content (AvgIpc) is 3.06. The predicted octanol–water partition coefficient (Wildman–Crippen LogP) is 2.44. The molecule has 2 bridgehead atoms. The van der Waals surface area contributed by atoms with E-state index in [1.165, 1.54) is 48.6 Å². The number of morpholine rings is 1. The Kier molecular flexibility index (Phi) is 3.78. The number of piperidine rings is 3. The van der Waals surface area contributed by atoms with E-state index < -0.39 is 0 Å². The van der Waals surface area contributed by atoms with Crippen LogP contribution < -0.4 is 4.90 Å². The van der Waals surface area contributed by atoms with Gasteiger partial charge in [0.05, 0.1) is 13.2 Å². The maximum absolute atomic E-state index is 5.48. The Morgan fingerprint density at radius 2 is 1.87 bits per heavy atom. The lowest BCUT2D eigenvalue weighted by atomic mass is 9.84. The Balaban J connectivity index is 1.33. The van der Waals surface area contributed by atoms with E-state index in [1.807, 2.05) is 11.9 Å². The Labute approximate surface area is 142 Å².